The zero-order valence-corrected chi connectivity index (χ0v) is 13.3. The van der Waals surface area contributed by atoms with Crippen LogP contribution in [-0.2, 0) is 0 Å². The maximum absolute atomic E-state index is 10.7. The van der Waals surface area contributed by atoms with E-state index in [0.717, 1.165) is 11.6 Å². The highest BCUT2D eigenvalue weighted by Crippen LogP contribution is 2.37. The molecule has 4 nitrogen and oxygen atoms in total. The van der Waals surface area contributed by atoms with Gasteiger partial charge in [-0.05, 0) is 49.1 Å². The first kappa shape index (κ1) is 15.8. The van der Waals surface area contributed by atoms with Crippen molar-refractivity contribution in [1.82, 2.24) is 0 Å². The van der Waals surface area contributed by atoms with Crippen LogP contribution < -0.4 is 5.32 Å². The summed E-state index contributed by atoms with van der Waals surface area (Å²) in [7, 11) is 0. The molecule has 2 rings (SSSR count). The molecule has 4 heteroatoms. The molecular weight excluding hydrogens is 264 g/mol. The fourth-order valence-corrected chi connectivity index (χ4v) is 3.23. The number of nitrogens with one attached hydrogen (secondary N) is 1. The smallest absolute Gasteiger partial charge is 0.269 e. The van der Waals surface area contributed by atoms with Crippen LogP contribution in [0.4, 0.5) is 11.4 Å². The number of anilines is 1. The Kier molecular flexibility index (Phi) is 4.86. The number of nitro groups is 1. The lowest BCUT2D eigenvalue weighted by molar-refractivity contribution is -0.384. The van der Waals surface area contributed by atoms with Gasteiger partial charge in [0.15, 0.2) is 0 Å². The zero-order chi connectivity index (χ0) is 15.5. The summed E-state index contributed by atoms with van der Waals surface area (Å²) in [4.78, 5) is 10.3. The molecule has 0 heterocycles. The number of benzene rings is 1. The highest BCUT2D eigenvalue weighted by atomic mass is 16.6. The van der Waals surface area contributed by atoms with Gasteiger partial charge >= 0.3 is 0 Å². The fourth-order valence-electron chi connectivity index (χ4n) is 3.23. The standard InChI is InChI=1S/C17H26N2O2/c1-17(2,3)13-5-4-6-14(8-7-13)18-15-9-11-16(12-10-15)19(20)21/h9-14,18H,4-8H2,1-3H3. The number of non-ortho nitro benzene ring substituents is 1. The van der Waals surface area contributed by atoms with Crippen molar-refractivity contribution in [2.45, 2.75) is 58.9 Å². The average Bonchev–Trinajstić information content (AvgIpc) is 2.64. The molecule has 0 aliphatic heterocycles. The highest BCUT2D eigenvalue weighted by Gasteiger charge is 2.27. The summed E-state index contributed by atoms with van der Waals surface area (Å²) in [5, 5.41) is 14.2. The second-order valence-corrected chi connectivity index (χ2v) is 7.22. The van der Waals surface area contributed by atoms with E-state index >= 15 is 0 Å². The summed E-state index contributed by atoms with van der Waals surface area (Å²) in [5.41, 5.74) is 1.52. The molecule has 21 heavy (non-hydrogen) atoms. The quantitative estimate of drug-likeness (QED) is 0.484. The van der Waals surface area contributed by atoms with Crippen molar-refractivity contribution in [3.63, 3.8) is 0 Å². The largest absolute Gasteiger partial charge is 0.382 e. The van der Waals surface area contributed by atoms with Crippen LogP contribution in [0.15, 0.2) is 24.3 Å². The third-order valence-corrected chi connectivity index (χ3v) is 4.64. The predicted octanol–water partition coefficient (Wildman–Crippen LogP) is 5.00. The van der Waals surface area contributed by atoms with Gasteiger partial charge in [0.25, 0.3) is 5.69 Å². The molecular formula is C17H26N2O2. The number of hydrogen-bond acceptors (Lipinski definition) is 3. The van der Waals surface area contributed by atoms with Crippen molar-refractivity contribution >= 4 is 11.4 Å². The van der Waals surface area contributed by atoms with E-state index in [-0.39, 0.29) is 10.6 Å². The monoisotopic (exact) mass is 290 g/mol. The van der Waals surface area contributed by atoms with Crippen molar-refractivity contribution < 1.29 is 4.92 Å². The van der Waals surface area contributed by atoms with Crippen LogP contribution in [0.25, 0.3) is 0 Å². The van der Waals surface area contributed by atoms with Crippen molar-refractivity contribution in [3.05, 3.63) is 34.4 Å². The lowest BCUT2D eigenvalue weighted by atomic mass is 9.76. The molecule has 1 aliphatic rings. The molecule has 0 aromatic heterocycles. The van der Waals surface area contributed by atoms with Gasteiger partial charge in [0.05, 0.1) is 4.92 Å². The lowest BCUT2D eigenvalue weighted by Crippen LogP contribution is -2.21. The normalized spacial score (nSPS) is 23.4. The highest BCUT2D eigenvalue weighted by molar-refractivity contribution is 5.49. The molecule has 2 unspecified atom stereocenters. The van der Waals surface area contributed by atoms with E-state index in [1.165, 1.54) is 32.1 Å². The van der Waals surface area contributed by atoms with Crippen LogP contribution in [0.3, 0.4) is 0 Å². The minimum absolute atomic E-state index is 0.147. The molecule has 2 atom stereocenters. The van der Waals surface area contributed by atoms with Crippen LogP contribution in [-0.4, -0.2) is 11.0 Å². The number of rotatable bonds is 3. The van der Waals surface area contributed by atoms with Gasteiger partial charge in [-0.1, -0.05) is 27.2 Å². The van der Waals surface area contributed by atoms with Gasteiger partial charge < -0.3 is 5.32 Å². The van der Waals surface area contributed by atoms with Crippen LogP contribution in [0, 0.1) is 21.4 Å². The molecule has 116 valence electrons. The molecule has 0 bridgehead atoms. The van der Waals surface area contributed by atoms with Crippen LogP contribution in [0.2, 0.25) is 0 Å². The van der Waals surface area contributed by atoms with Crippen molar-refractivity contribution in [2.75, 3.05) is 5.32 Å². The molecule has 1 aliphatic carbocycles. The SMILES string of the molecule is CC(C)(C)C1CCCC(Nc2ccc([N+](=O)[O-])cc2)CC1. The van der Waals surface area contributed by atoms with E-state index in [1.807, 2.05) is 12.1 Å². The van der Waals surface area contributed by atoms with Crippen molar-refractivity contribution in [3.8, 4) is 0 Å². The molecule has 1 N–H and O–H groups in total. The molecule has 1 fully saturated rings. The predicted molar refractivity (Wildman–Crippen MR) is 86.5 cm³/mol. The topological polar surface area (TPSA) is 55.2 Å². The van der Waals surface area contributed by atoms with E-state index in [1.54, 1.807) is 12.1 Å². The Morgan fingerprint density at radius 3 is 2.33 bits per heavy atom. The average molecular weight is 290 g/mol. The Morgan fingerprint density at radius 1 is 1.10 bits per heavy atom. The summed E-state index contributed by atoms with van der Waals surface area (Å²) in [6.07, 6.45) is 6.19. The van der Waals surface area contributed by atoms with E-state index in [4.69, 9.17) is 0 Å². The first-order chi connectivity index (χ1) is 9.86. The van der Waals surface area contributed by atoms with Gasteiger partial charge in [0, 0.05) is 23.9 Å². The van der Waals surface area contributed by atoms with Crippen LogP contribution >= 0.6 is 0 Å². The summed E-state index contributed by atoms with van der Waals surface area (Å²) in [6.45, 7) is 7.01. The summed E-state index contributed by atoms with van der Waals surface area (Å²) in [5.74, 6) is 0.793. The Morgan fingerprint density at radius 2 is 1.76 bits per heavy atom. The van der Waals surface area contributed by atoms with Crippen molar-refractivity contribution in [1.29, 1.82) is 0 Å². The molecule has 1 aromatic rings. The van der Waals surface area contributed by atoms with E-state index in [2.05, 4.69) is 26.1 Å². The van der Waals surface area contributed by atoms with E-state index < -0.39 is 0 Å². The molecule has 0 spiro atoms. The number of nitro benzene ring substituents is 1. The Bertz CT molecular complexity index is 477. The Labute approximate surface area is 127 Å². The van der Waals surface area contributed by atoms with Crippen LogP contribution in [0.5, 0.6) is 0 Å². The first-order valence-electron chi connectivity index (χ1n) is 7.87. The molecule has 0 amide bonds. The second kappa shape index (κ2) is 6.46. The van der Waals surface area contributed by atoms with Gasteiger partial charge in [0.2, 0.25) is 0 Å². The first-order valence-corrected chi connectivity index (χ1v) is 7.87. The number of nitrogens with zero attached hydrogens (tertiary/aromatic N) is 1. The maximum Gasteiger partial charge on any atom is 0.269 e. The molecule has 0 radical (unpaired) electrons. The molecule has 1 aromatic carbocycles. The van der Waals surface area contributed by atoms with Gasteiger partial charge in [-0.3, -0.25) is 10.1 Å². The van der Waals surface area contributed by atoms with E-state index in [9.17, 15) is 10.1 Å². The Hall–Kier alpha value is -1.58. The molecule has 1 saturated carbocycles. The minimum atomic E-state index is -0.358. The van der Waals surface area contributed by atoms with Gasteiger partial charge in [-0.25, -0.2) is 0 Å². The number of hydrogen-bond donors (Lipinski definition) is 1. The summed E-state index contributed by atoms with van der Waals surface area (Å²) < 4.78 is 0. The summed E-state index contributed by atoms with van der Waals surface area (Å²) in [6, 6.07) is 7.24. The van der Waals surface area contributed by atoms with Gasteiger partial charge in [0.1, 0.15) is 0 Å². The third-order valence-electron chi connectivity index (χ3n) is 4.64. The Balaban J connectivity index is 1.93. The third kappa shape index (κ3) is 4.45. The maximum atomic E-state index is 10.7. The van der Waals surface area contributed by atoms with Gasteiger partial charge in [-0.2, -0.15) is 0 Å². The summed E-state index contributed by atoms with van der Waals surface area (Å²) >= 11 is 0. The van der Waals surface area contributed by atoms with Crippen LogP contribution in [0.1, 0.15) is 52.9 Å². The van der Waals surface area contributed by atoms with E-state index in [0.29, 0.717) is 11.5 Å². The van der Waals surface area contributed by atoms with Gasteiger partial charge in [-0.15, -0.1) is 0 Å². The zero-order valence-electron chi connectivity index (χ0n) is 13.3. The fraction of sp³-hybridized carbons (Fsp3) is 0.647. The lowest BCUT2D eigenvalue weighted by Gasteiger charge is -2.29. The second-order valence-electron chi connectivity index (χ2n) is 7.22. The van der Waals surface area contributed by atoms with Crippen molar-refractivity contribution in [2.24, 2.45) is 11.3 Å². The molecule has 0 saturated heterocycles. The minimum Gasteiger partial charge on any atom is -0.382 e.